The molecule has 20 heavy (non-hydrogen) atoms. The van der Waals surface area contributed by atoms with Crippen LogP contribution in [0.15, 0.2) is 0 Å². The van der Waals surface area contributed by atoms with E-state index in [2.05, 4.69) is 10.6 Å². The van der Waals surface area contributed by atoms with Gasteiger partial charge in [0.05, 0.1) is 0 Å². The first-order chi connectivity index (χ1) is 9.37. The molecular formula is C13H23N3O4. The van der Waals surface area contributed by atoms with Gasteiger partial charge < -0.3 is 20.6 Å². The van der Waals surface area contributed by atoms with Crippen LogP contribution in [0, 0.1) is 0 Å². The Bertz CT molecular complexity index is 376. The summed E-state index contributed by atoms with van der Waals surface area (Å²) >= 11 is 0. The van der Waals surface area contributed by atoms with Crippen LogP contribution in [0.4, 0.5) is 4.79 Å². The molecule has 0 radical (unpaired) electrons. The second-order valence-corrected chi connectivity index (χ2v) is 5.37. The summed E-state index contributed by atoms with van der Waals surface area (Å²) in [4.78, 5) is 35.9. The fourth-order valence-electron chi connectivity index (χ4n) is 2.32. The molecular weight excluding hydrogens is 262 g/mol. The van der Waals surface area contributed by atoms with E-state index in [4.69, 9.17) is 0 Å². The maximum atomic E-state index is 11.8. The molecule has 3 amide bonds. The minimum atomic E-state index is -1.16. The van der Waals surface area contributed by atoms with E-state index in [0.29, 0.717) is 12.8 Å². The Balaban J connectivity index is 2.43. The van der Waals surface area contributed by atoms with E-state index in [-0.39, 0.29) is 18.9 Å². The number of hydrogen-bond acceptors (Lipinski definition) is 3. The minimum absolute atomic E-state index is 0.0871. The van der Waals surface area contributed by atoms with Crippen molar-refractivity contribution in [1.29, 1.82) is 0 Å². The molecule has 1 fully saturated rings. The fraction of sp³-hybridized carbons (Fsp3) is 0.769. The average molecular weight is 285 g/mol. The number of nitrogens with one attached hydrogen (secondary N) is 2. The molecule has 0 aromatic heterocycles. The van der Waals surface area contributed by atoms with Crippen LogP contribution < -0.4 is 10.6 Å². The van der Waals surface area contributed by atoms with Crippen molar-refractivity contribution >= 4 is 17.9 Å². The van der Waals surface area contributed by atoms with Crippen molar-refractivity contribution in [2.24, 2.45) is 0 Å². The monoisotopic (exact) mass is 285 g/mol. The fourth-order valence-corrected chi connectivity index (χ4v) is 2.32. The summed E-state index contributed by atoms with van der Waals surface area (Å²) in [6.45, 7) is 0.193. The summed E-state index contributed by atoms with van der Waals surface area (Å²) in [6, 6.07) is -0.527. The highest BCUT2D eigenvalue weighted by atomic mass is 16.4. The highest BCUT2D eigenvalue weighted by molar-refractivity contribution is 5.86. The molecule has 7 heteroatoms. The van der Waals surface area contributed by atoms with Crippen molar-refractivity contribution < 1.29 is 19.5 Å². The van der Waals surface area contributed by atoms with Crippen LogP contribution in [-0.4, -0.2) is 54.1 Å². The van der Waals surface area contributed by atoms with Crippen molar-refractivity contribution in [3.63, 3.8) is 0 Å². The molecule has 0 heterocycles. The Morgan fingerprint density at radius 1 is 1.15 bits per heavy atom. The number of carbonyl (C=O) groups excluding carboxylic acids is 2. The van der Waals surface area contributed by atoms with Gasteiger partial charge in [0.2, 0.25) is 5.91 Å². The molecule has 0 saturated heterocycles. The van der Waals surface area contributed by atoms with E-state index in [0.717, 1.165) is 19.3 Å². The van der Waals surface area contributed by atoms with Gasteiger partial charge in [0.1, 0.15) is 5.54 Å². The van der Waals surface area contributed by atoms with Crippen LogP contribution in [0.25, 0.3) is 0 Å². The summed E-state index contributed by atoms with van der Waals surface area (Å²) < 4.78 is 0. The third-order valence-corrected chi connectivity index (χ3v) is 3.59. The van der Waals surface area contributed by atoms with Gasteiger partial charge in [0.25, 0.3) is 0 Å². The lowest BCUT2D eigenvalue weighted by Crippen LogP contribution is -2.58. The molecule has 3 N–H and O–H groups in total. The number of hydrogen-bond donors (Lipinski definition) is 3. The minimum Gasteiger partial charge on any atom is -0.480 e. The summed E-state index contributed by atoms with van der Waals surface area (Å²) in [5.74, 6) is -1.08. The van der Waals surface area contributed by atoms with Gasteiger partial charge in [-0.05, 0) is 12.8 Å². The summed E-state index contributed by atoms with van der Waals surface area (Å²) in [7, 11) is 3.29. The van der Waals surface area contributed by atoms with Crippen molar-refractivity contribution in [3.05, 3.63) is 0 Å². The third kappa shape index (κ3) is 4.40. The zero-order valence-electron chi connectivity index (χ0n) is 12.1. The van der Waals surface area contributed by atoms with E-state index in [1.165, 1.54) is 4.90 Å². The Morgan fingerprint density at radius 2 is 1.75 bits per heavy atom. The Kier molecular flexibility index (Phi) is 5.79. The third-order valence-electron chi connectivity index (χ3n) is 3.59. The van der Waals surface area contributed by atoms with Crippen LogP contribution in [-0.2, 0) is 9.59 Å². The van der Waals surface area contributed by atoms with Gasteiger partial charge in [-0.3, -0.25) is 4.79 Å². The highest BCUT2D eigenvalue weighted by Crippen LogP contribution is 2.28. The molecule has 0 unspecified atom stereocenters. The molecule has 1 saturated carbocycles. The number of carboxylic acid groups (broad SMARTS) is 1. The summed E-state index contributed by atoms with van der Waals surface area (Å²) in [6.07, 6.45) is 3.69. The predicted molar refractivity (Wildman–Crippen MR) is 73.3 cm³/mol. The van der Waals surface area contributed by atoms with Crippen molar-refractivity contribution in [3.8, 4) is 0 Å². The molecule has 0 atom stereocenters. The first kappa shape index (κ1) is 16.3. The Morgan fingerprint density at radius 3 is 2.25 bits per heavy atom. The van der Waals surface area contributed by atoms with Gasteiger partial charge in [-0.1, -0.05) is 19.3 Å². The first-order valence-corrected chi connectivity index (χ1v) is 6.87. The van der Waals surface area contributed by atoms with Gasteiger partial charge in [-0.25, -0.2) is 9.59 Å². The smallest absolute Gasteiger partial charge is 0.329 e. The van der Waals surface area contributed by atoms with Crippen LogP contribution in [0.2, 0.25) is 0 Å². The van der Waals surface area contributed by atoms with E-state index < -0.39 is 17.5 Å². The second-order valence-electron chi connectivity index (χ2n) is 5.37. The Labute approximate surface area is 118 Å². The number of nitrogens with zero attached hydrogens (tertiary/aromatic N) is 1. The summed E-state index contributed by atoms with van der Waals surface area (Å²) in [5.41, 5.74) is -1.16. The molecule has 0 aliphatic heterocycles. The number of rotatable bonds is 5. The van der Waals surface area contributed by atoms with Crippen LogP contribution in [0.1, 0.15) is 38.5 Å². The maximum Gasteiger partial charge on any atom is 0.329 e. The quantitative estimate of drug-likeness (QED) is 0.687. The van der Waals surface area contributed by atoms with Crippen LogP contribution in [0.3, 0.4) is 0 Å². The number of carbonyl (C=O) groups is 3. The zero-order valence-corrected chi connectivity index (χ0v) is 12.1. The maximum absolute atomic E-state index is 11.8. The van der Waals surface area contributed by atoms with Gasteiger partial charge in [0, 0.05) is 27.1 Å². The normalized spacial score (nSPS) is 17.1. The lowest BCUT2D eigenvalue weighted by atomic mass is 9.82. The molecule has 1 rings (SSSR count). The summed E-state index contributed by atoms with van der Waals surface area (Å²) in [5, 5.41) is 14.4. The molecule has 1 aliphatic carbocycles. The number of urea groups is 1. The lowest BCUT2D eigenvalue weighted by Gasteiger charge is -2.33. The molecule has 0 aromatic rings. The standard InChI is InChI=1S/C13H23N3O4/c1-16(2)10(17)6-9-14-12(20)15-13(11(18)19)7-4-3-5-8-13/h3-9H2,1-2H3,(H,18,19)(H2,14,15,20). The molecule has 114 valence electrons. The van der Waals surface area contributed by atoms with Gasteiger partial charge in [-0.15, -0.1) is 0 Å². The zero-order chi connectivity index (χ0) is 15.2. The van der Waals surface area contributed by atoms with E-state index >= 15 is 0 Å². The van der Waals surface area contributed by atoms with Gasteiger partial charge >= 0.3 is 12.0 Å². The van der Waals surface area contributed by atoms with Gasteiger partial charge in [-0.2, -0.15) is 0 Å². The Hall–Kier alpha value is -1.79. The van der Waals surface area contributed by atoms with Crippen LogP contribution >= 0.6 is 0 Å². The lowest BCUT2D eigenvalue weighted by molar-refractivity contribution is -0.145. The molecule has 0 spiro atoms. The highest BCUT2D eigenvalue weighted by Gasteiger charge is 2.40. The van der Waals surface area contributed by atoms with E-state index in [1.807, 2.05) is 0 Å². The topological polar surface area (TPSA) is 98.7 Å². The molecule has 0 bridgehead atoms. The molecule has 7 nitrogen and oxygen atoms in total. The predicted octanol–water partition coefficient (Wildman–Crippen LogP) is 0.551. The number of carboxylic acids is 1. The van der Waals surface area contributed by atoms with Crippen molar-refractivity contribution in [1.82, 2.24) is 15.5 Å². The average Bonchev–Trinajstić information content (AvgIpc) is 2.39. The SMILES string of the molecule is CN(C)C(=O)CCNC(=O)NC1(C(=O)O)CCCCC1. The van der Waals surface area contributed by atoms with Crippen molar-refractivity contribution in [2.75, 3.05) is 20.6 Å². The first-order valence-electron chi connectivity index (χ1n) is 6.87. The van der Waals surface area contributed by atoms with E-state index in [9.17, 15) is 19.5 Å². The van der Waals surface area contributed by atoms with E-state index in [1.54, 1.807) is 14.1 Å². The van der Waals surface area contributed by atoms with Crippen molar-refractivity contribution in [2.45, 2.75) is 44.1 Å². The largest absolute Gasteiger partial charge is 0.480 e. The number of amides is 3. The second kappa shape index (κ2) is 7.12. The number of aliphatic carboxylic acids is 1. The molecule has 1 aliphatic rings. The van der Waals surface area contributed by atoms with Crippen LogP contribution in [0.5, 0.6) is 0 Å². The molecule has 0 aromatic carbocycles. The van der Waals surface area contributed by atoms with Gasteiger partial charge in [0.15, 0.2) is 0 Å².